The first-order chi connectivity index (χ1) is 11.1. The molecule has 0 radical (unpaired) electrons. The van der Waals surface area contributed by atoms with Crippen molar-refractivity contribution in [1.29, 1.82) is 0 Å². The van der Waals surface area contributed by atoms with Gasteiger partial charge >= 0.3 is 5.97 Å². The van der Waals surface area contributed by atoms with Crippen molar-refractivity contribution in [2.75, 3.05) is 0 Å². The SMILES string of the molecule is O=C(O)c1cc(Cl)c(OCc2cccc3ccccc23)c(Cl)c1. The molecule has 0 aliphatic heterocycles. The third-order valence-electron chi connectivity index (χ3n) is 3.50. The second-order valence-corrected chi connectivity index (χ2v) is 5.82. The Morgan fingerprint density at radius 3 is 2.35 bits per heavy atom. The maximum absolute atomic E-state index is 11.0. The molecule has 0 aliphatic rings. The zero-order valence-electron chi connectivity index (χ0n) is 11.9. The molecule has 3 rings (SSSR count). The van der Waals surface area contributed by atoms with Crippen LogP contribution in [0.4, 0.5) is 0 Å². The predicted molar refractivity (Wildman–Crippen MR) is 91.7 cm³/mol. The standard InChI is InChI=1S/C18H12Cl2O3/c19-15-8-13(18(21)22)9-16(20)17(15)23-10-12-6-3-5-11-4-1-2-7-14(11)12/h1-9H,10H2,(H,21,22). The molecular weight excluding hydrogens is 335 g/mol. The minimum atomic E-state index is -1.09. The molecule has 3 aromatic carbocycles. The third-order valence-corrected chi connectivity index (χ3v) is 4.06. The number of carbonyl (C=O) groups is 1. The lowest BCUT2D eigenvalue weighted by Crippen LogP contribution is -2.00. The summed E-state index contributed by atoms with van der Waals surface area (Å²) in [6, 6.07) is 16.6. The number of carboxylic acids is 1. The zero-order valence-corrected chi connectivity index (χ0v) is 13.4. The molecule has 0 heterocycles. The fourth-order valence-electron chi connectivity index (χ4n) is 2.39. The molecule has 0 aromatic heterocycles. The van der Waals surface area contributed by atoms with Gasteiger partial charge in [0, 0.05) is 0 Å². The van der Waals surface area contributed by atoms with Crippen molar-refractivity contribution in [3.63, 3.8) is 0 Å². The Kier molecular flexibility index (Phi) is 4.42. The van der Waals surface area contributed by atoms with E-state index in [9.17, 15) is 4.79 Å². The van der Waals surface area contributed by atoms with Crippen molar-refractivity contribution in [2.45, 2.75) is 6.61 Å². The van der Waals surface area contributed by atoms with Crippen LogP contribution in [-0.2, 0) is 6.61 Å². The normalized spacial score (nSPS) is 10.7. The van der Waals surface area contributed by atoms with Gasteiger partial charge in [-0.25, -0.2) is 4.79 Å². The van der Waals surface area contributed by atoms with Crippen molar-refractivity contribution >= 4 is 39.9 Å². The van der Waals surface area contributed by atoms with Crippen molar-refractivity contribution in [1.82, 2.24) is 0 Å². The molecule has 0 bridgehead atoms. The second kappa shape index (κ2) is 6.49. The summed E-state index contributed by atoms with van der Waals surface area (Å²) < 4.78 is 5.74. The Morgan fingerprint density at radius 1 is 1.00 bits per heavy atom. The highest BCUT2D eigenvalue weighted by molar-refractivity contribution is 6.37. The Morgan fingerprint density at radius 2 is 1.65 bits per heavy atom. The van der Waals surface area contributed by atoms with Crippen LogP contribution in [0.5, 0.6) is 5.75 Å². The third kappa shape index (κ3) is 3.26. The summed E-state index contributed by atoms with van der Waals surface area (Å²) in [5, 5.41) is 11.5. The first-order valence-electron chi connectivity index (χ1n) is 6.88. The van der Waals surface area contributed by atoms with Crippen molar-refractivity contribution in [2.24, 2.45) is 0 Å². The molecule has 0 spiro atoms. The van der Waals surface area contributed by atoms with E-state index in [0.717, 1.165) is 16.3 Å². The largest absolute Gasteiger partial charge is 0.486 e. The first kappa shape index (κ1) is 15.7. The van der Waals surface area contributed by atoms with E-state index in [1.54, 1.807) is 0 Å². The van der Waals surface area contributed by atoms with Crippen LogP contribution in [0.3, 0.4) is 0 Å². The molecule has 0 unspecified atom stereocenters. The lowest BCUT2D eigenvalue weighted by molar-refractivity contribution is 0.0697. The summed E-state index contributed by atoms with van der Waals surface area (Å²) in [6.45, 7) is 0.285. The van der Waals surface area contributed by atoms with E-state index >= 15 is 0 Å². The molecule has 1 N–H and O–H groups in total. The molecule has 116 valence electrons. The van der Waals surface area contributed by atoms with E-state index in [0.29, 0.717) is 0 Å². The van der Waals surface area contributed by atoms with Crippen LogP contribution in [0.15, 0.2) is 54.6 Å². The van der Waals surface area contributed by atoms with Gasteiger partial charge in [0.05, 0.1) is 15.6 Å². The number of fused-ring (bicyclic) bond motifs is 1. The lowest BCUT2D eigenvalue weighted by atomic mass is 10.1. The molecule has 3 nitrogen and oxygen atoms in total. The molecule has 3 aromatic rings. The average molecular weight is 347 g/mol. The van der Waals surface area contributed by atoms with Gasteiger partial charge in [-0.1, -0.05) is 65.7 Å². The van der Waals surface area contributed by atoms with Gasteiger partial charge in [0.1, 0.15) is 6.61 Å². The minimum Gasteiger partial charge on any atom is -0.486 e. The molecule has 5 heteroatoms. The lowest BCUT2D eigenvalue weighted by Gasteiger charge is -2.12. The van der Waals surface area contributed by atoms with E-state index in [2.05, 4.69) is 0 Å². The van der Waals surface area contributed by atoms with E-state index in [1.165, 1.54) is 12.1 Å². The van der Waals surface area contributed by atoms with E-state index in [1.807, 2.05) is 42.5 Å². The fraction of sp³-hybridized carbons (Fsp3) is 0.0556. The van der Waals surface area contributed by atoms with Gasteiger partial charge in [-0.05, 0) is 28.5 Å². The van der Waals surface area contributed by atoms with Crippen LogP contribution in [-0.4, -0.2) is 11.1 Å². The van der Waals surface area contributed by atoms with Crippen LogP contribution in [0, 0.1) is 0 Å². The molecule has 0 aliphatic carbocycles. The van der Waals surface area contributed by atoms with Crippen LogP contribution in [0.25, 0.3) is 10.8 Å². The molecular formula is C18H12Cl2O3. The van der Waals surface area contributed by atoms with Gasteiger partial charge in [0.25, 0.3) is 0 Å². The summed E-state index contributed by atoms with van der Waals surface area (Å²) >= 11 is 12.2. The maximum Gasteiger partial charge on any atom is 0.335 e. The quantitative estimate of drug-likeness (QED) is 0.685. The van der Waals surface area contributed by atoms with Crippen molar-refractivity contribution in [3.8, 4) is 5.75 Å². The molecule has 0 saturated carbocycles. The predicted octanol–water partition coefficient (Wildman–Crippen LogP) is 5.42. The highest BCUT2D eigenvalue weighted by Crippen LogP contribution is 2.35. The summed E-state index contributed by atoms with van der Waals surface area (Å²) in [4.78, 5) is 11.0. The fourth-order valence-corrected chi connectivity index (χ4v) is 2.99. The van der Waals surface area contributed by atoms with Crippen molar-refractivity contribution in [3.05, 3.63) is 75.8 Å². The Bertz CT molecular complexity index is 862. The highest BCUT2D eigenvalue weighted by atomic mass is 35.5. The van der Waals surface area contributed by atoms with Gasteiger partial charge in [0.15, 0.2) is 5.75 Å². The number of halogens is 2. The first-order valence-corrected chi connectivity index (χ1v) is 7.63. The van der Waals surface area contributed by atoms with Crippen LogP contribution in [0.2, 0.25) is 10.0 Å². The number of ether oxygens (including phenoxy) is 1. The summed E-state index contributed by atoms with van der Waals surface area (Å²) in [6.07, 6.45) is 0. The number of benzene rings is 3. The Balaban J connectivity index is 1.90. The van der Waals surface area contributed by atoms with E-state index in [4.69, 9.17) is 33.0 Å². The molecule has 0 saturated heterocycles. The smallest absolute Gasteiger partial charge is 0.335 e. The van der Waals surface area contributed by atoms with E-state index in [-0.39, 0.29) is 28.0 Å². The van der Waals surface area contributed by atoms with Gasteiger partial charge in [0.2, 0.25) is 0 Å². The van der Waals surface area contributed by atoms with Crippen LogP contribution in [0.1, 0.15) is 15.9 Å². The van der Waals surface area contributed by atoms with Gasteiger partial charge in [-0.15, -0.1) is 0 Å². The monoisotopic (exact) mass is 346 g/mol. The van der Waals surface area contributed by atoms with Gasteiger partial charge < -0.3 is 9.84 Å². The molecule has 0 atom stereocenters. The topological polar surface area (TPSA) is 46.5 Å². The van der Waals surface area contributed by atoms with Crippen molar-refractivity contribution < 1.29 is 14.6 Å². The average Bonchev–Trinajstić information content (AvgIpc) is 2.54. The van der Waals surface area contributed by atoms with Crippen LogP contribution >= 0.6 is 23.2 Å². The van der Waals surface area contributed by atoms with Crippen LogP contribution < -0.4 is 4.74 Å². The Labute approximate surface area is 143 Å². The maximum atomic E-state index is 11.0. The highest BCUT2D eigenvalue weighted by Gasteiger charge is 2.14. The summed E-state index contributed by atoms with van der Waals surface area (Å²) in [5.41, 5.74) is 1.02. The van der Waals surface area contributed by atoms with Gasteiger partial charge in [-0.3, -0.25) is 0 Å². The Hall–Kier alpha value is -2.23. The van der Waals surface area contributed by atoms with E-state index < -0.39 is 5.97 Å². The van der Waals surface area contributed by atoms with Gasteiger partial charge in [-0.2, -0.15) is 0 Å². The zero-order chi connectivity index (χ0) is 16.4. The number of hydrogen-bond donors (Lipinski definition) is 1. The minimum absolute atomic E-state index is 0.0255. The number of carboxylic acid groups (broad SMARTS) is 1. The molecule has 0 fully saturated rings. The summed E-state index contributed by atoms with van der Waals surface area (Å²) in [5.74, 6) is -0.805. The second-order valence-electron chi connectivity index (χ2n) is 5.00. The number of aromatic carboxylic acids is 1. The molecule has 23 heavy (non-hydrogen) atoms. The number of rotatable bonds is 4. The molecule has 0 amide bonds. The number of hydrogen-bond acceptors (Lipinski definition) is 2. The summed E-state index contributed by atoms with van der Waals surface area (Å²) in [7, 11) is 0.